The first kappa shape index (κ1) is 20.9. The Morgan fingerprint density at radius 2 is 1.10 bits per heavy atom. The maximum Gasteiger partial charge on any atom is 0.0786 e. The minimum atomic E-state index is 0. The molecule has 1 fully saturated rings. The fourth-order valence-electron chi connectivity index (χ4n) is 3.97. The average molecular weight is 302 g/mol. The number of hydrogen-bond donors (Lipinski definition) is 0. The molecule has 2 heteroatoms. The summed E-state index contributed by atoms with van der Waals surface area (Å²) in [7, 11) is 0. The van der Waals surface area contributed by atoms with E-state index in [1.54, 1.807) is 0 Å². The Morgan fingerprint density at radius 3 is 1.62 bits per heavy atom. The lowest BCUT2D eigenvalue weighted by Gasteiger charge is -2.41. The maximum absolute atomic E-state index is 2.37. The SMILES string of the molecule is CCCCCCCCCCC[N+]1(CCC)CCCCC1.[F-]. The number of likely N-dealkylation sites (tertiary alicyclic amines) is 1. The van der Waals surface area contributed by atoms with Gasteiger partial charge in [-0.05, 0) is 38.5 Å². The molecule has 0 aromatic carbocycles. The minimum Gasteiger partial charge on any atom is -1.00 e. The van der Waals surface area contributed by atoms with Crippen molar-refractivity contribution >= 4 is 0 Å². The van der Waals surface area contributed by atoms with Gasteiger partial charge < -0.3 is 9.19 Å². The molecular weight excluding hydrogens is 261 g/mol. The zero-order valence-corrected chi connectivity index (χ0v) is 14.8. The summed E-state index contributed by atoms with van der Waals surface area (Å²) in [6.45, 7) is 10.5. The van der Waals surface area contributed by atoms with E-state index in [9.17, 15) is 0 Å². The van der Waals surface area contributed by atoms with Crippen LogP contribution in [0.25, 0.3) is 0 Å². The summed E-state index contributed by atoms with van der Waals surface area (Å²) >= 11 is 0. The Hall–Kier alpha value is -0.110. The third-order valence-corrected chi connectivity index (χ3v) is 5.20. The number of unbranched alkanes of at least 4 members (excludes halogenated alkanes) is 8. The van der Waals surface area contributed by atoms with Gasteiger partial charge >= 0.3 is 0 Å². The Kier molecular flexibility index (Phi) is 13.5. The van der Waals surface area contributed by atoms with Crippen LogP contribution < -0.4 is 4.70 Å². The quantitative estimate of drug-likeness (QED) is 0.384. The van der Waals surface area contributed by atoms with Gasteiger partial charge in [-0.3, -0.25) is 0 Å². The fraction of sp³-hybridized carbons (Fsp3) is 1.00. The molecule has 0 aromatic rings. The van der Waals surface area contributed by atoms with Gasteiger partial charge in [0, 0.05) is 0 Å². The zero-order valence-electron chi connectivity index (χ0n) is 14.8. The first-order valence-electron chi connectivity index (χ1n) is 9.68. The van der Waals surface area contributed by atoms with Crippen molar-refractivity contribution in [3.8, 4) is 0 Å². The highest BCUT2D eigenvalue weighted by atomic mass is 19.0. The van der Waals surface area contributed by atoms with Crippen LogP contribution in [0.15, 0.2) is 0 Å². The van der Waals surface area contributed by atoms with Gasteiger partial charge in [-0.1, -0.05) is 58.8 Å². The lowest BCUT2D eigenvalue weighted by Crippen LogP contribution is -3.00. The van der Waals surface area contributed by atoms with E-state index >= 15 is 0 Å². The minimum absolute atomic E-state index is 0. The van der Waals surface area contributed by atoms with Crippen LogP contribution in [0, 0.1) is 0 Å². The van der Waals surface area contributed by atoms with Crippen molar-refractivity contribution < 1.29 is 9.19 Å². The van der Waals surface area contributed by atoms with E-state index in [1.807, 2.05) is 0 Å². The summed E-state index contributed by atoms with van der Waals surface area (Å²) in [6, 6.07) is 0. The van der Waals surface area contributed by atoms with Crippen molar-refractivity contribution in [1.82, 2.24) is 0 Å². The molecule has 1 rings (SSSR count). The van der Waals surface area contributed by atoms with Gasteiger partial charge in [0.15, 0.2) is 0 Å². The zero-order chi connectivity index (χ0) is 14.5. The Bertz CT molecular complexity index is 206. The monoisotopic (exact) mass is 301 g/mol. The van der Waals surface area contributed by atoms with Crippen LogP contribution in [0.5, 0.6) is 0 Å². The van der Waals surface area contributed by atoms with E-state index in [4.69, 9.17) is 0 Å². The molecular formula is C19H40FN. The molecule has 1 aliphatic rings. The topological polar surface area (TPSA) is 0 Å². The van der Waals surface area contributed by atoms with E-state index in [0.29, 0.717) is 0 Å². The summed E-state index contributed by atoms with van der Waals surface area (Å²) < 4.78 is 1.47. The second kappa shape index (κ2) is 13.5. The van der Waals surface area contributed by atoms with Crippen molar-refractivity contribution in [3.63, 3.8) is 0 Å². The molecule has 0 N–H and O–H groups in total. The molecule has 1 saturated heterocycles. The summed E-state index contributed by atoms with van der Waals surface area (Å²) in [5.74, 6) is 0. The van der Waals surface area contributed by atoms with Crippen molar-refractivity contribution in [3.05, 3.63) is 0 Å². The van der Waals surface area contributed by atoms with Crippen LogP contribution in [0.3, 0.4) is 0 Å². The molecule has 0 aromatic heterocycles. The van der Waals surface area contributed by atoms with Gasteiger partial charge in [0.25, 0.3) is 0 Å². The Labute approximate surface area is 133 Å². The average Bonchev–Trinajstić information content (AvgIpc) is 2.47. The van der Waals surface area contributed by atoms with Crippen molar-refractivity contribution in [2.45, 2.75) is 97.3 Å². The number of rotatable bonds is 12. The standard InChI is InChI=1S/C19H40N.FH/c1-3-5-6-7-8-9-10-11-13-17-20(16-4-2)18-14-12-15-19-20;/h3-19H2,1-2H3;1H/q+1;/p-1. The van der Waals surface area contributed by atoms with Gasteiger partial charge in [-0.2, -0.15) is 0 Å². The largest absolute Gasteiger partial charge is 1.00 e. The molecule has 21 heavy (non-hydrogen) atoms. The normalized spacial score (nSPS) is 17.4. The first-order chi connectivity index (χ1) is 9.83. The van der Waals surface area contributed by atoms with Gasteiger partial charge in [0.05, 0.1) is 26.2 Å². The summed E-state index contributed by atoms with van der Waals surface area (Å²) in [6.07, 6.45) is 19.0. The van der Waals surface area contributed by atoms with Crippen LogP contribution in [-0.4, -0.2) is 30.7 Å². The van der Waals surface area contributed by atoms with E-state index in [2.05, 4.69) is 13.8 Å². The second-order valence-corrected chi connectivity index (χ2v) is 7.13. The molecule has 0 atom stereocenters. The summed E-state index contributed by atoms with van der Waals surface area (Å²) in [4.78, 5) is 0. The predicted octanol–water partition coefficient (Wildman–Crippen LogP) is 2.93. The van der Waals surface area contributed by atoms with Crippen molar-refractivity contribution in [2.24, 2.45) is 0 Å². The highest BCUT2D eigenvalue weighted by molar-refractivity contribution is 4.55. The van der Waals surface area contributed by atoms with Crippen LogP contribution in [-0.2, 0) is 0 Å². The third-order valence-electron chi connectivity index (χ3n) is 5.20. The number of piperidine rings is 1. The summed E-state index contributed by atoms with van der Waals surface area (Å²) in [5.41, 5.74) is 0. The second-order valence-electron chi connectivity index (χ2n) is 7.13. The molecule has 1 nitrogen and oxygen atoms in total. The van der Waals surface area contributed by atoms with Crippen LogP contribution in [0.1, 0.15) is 97.3 Å². The number of hydrogen-bond acceptors (Lipinski definition) is 0. The lowest BCUT2D eigenvalue weighted by atomic mass is 10.0. The van der Waals surface area contributed by atoms with Gasteiger partial charge in [0.1, 0.15) is 0 Å². The lowest BCUT2D eigenvalue weighted by molar-refractivity contribution is -0.932. The third kappa shape index (κ3) is 9.50. The molecule has 128 valence electrons. The van der Waals surface area contributed by atoms with Gasteiger partial charge in [-0.25, -0.2) is 0 Å². The first-order valence-corrected chi connectivity index (χ1v) is 9.68. The smallest absolute Gasteiger partial charge is 0.0786 e. The summed E-state index contributed by atoms with van der Waals surface area (Å²) in [5, 5.41) is 0. The maximum atomic E-state index is 2.37. The molecule has 0 saturated carbocycles. The van der Waals surface area contributed by atoms with Crippen LogP contribution in [0.2, 0.25) is 0 Å². The highest BCUT2D eigenvalue weighted by Gasteiger charge is 2.27. The highest BCUT2D eigenvalue weighted by Crippen LogP contribution is 2.21. The molecule has 0 aliphatic carbocycles. The van der Waals surface area contributed by atoms with Crippen molar-refractivity contribution in [2.75, 3.05) is 26.2 Å². The molecule has 1 heterocycles. The molecule has 0 spiro atoms. The predicted molar refractivity (Wildman–Crippen MR) is 91.1 cm³/mol. The Morgan fingerprint density at radius 1 is 0.571 bits per heavy atom. The number of halogens is 1. The molecule has 0 unspecified atom stereocenters. The van der Waals surface area contributed by atoms with E-state index < -0.39 is 0 Å². The van der Waals surface area contributed by atoms with E-state index in [-0.39, 0.29) is 4.70 Å². The molecule has 0 amide bonds. The van der Waals surface area contributed by atoms with Crippen molar-refractivity contribution in [1.29, 1.82) is 0 Å². The number of nitrogens with zero attached hydrogens (tertiary/aromatic N) is 1. The van der Waals surface area contributed by atoms with Gasteiger partial charge in [-0.15, -0.1) is 0 Å². The number of quaternary nitrogens is 1. The molecule has 1 aliphatic heterocycles. The van der Waals surface area contributed by atoms with Crippen LogP contribution >= 0.6 is 0 Å². The fourth-order valence-corrected chi connectivity index (χ4v) is 3.97. The van der Waals surface area contributed by atoms with Crippen LogP contribution in [0.4, 0.5) is 0 Å². The molecule has 0 radical (unpaired) electrons. The van der Waals surface area contributed by atoms with Gasteiger partial charge in [0.2, 0.25) is 0 Å². The van der Waals surface area contributed by atoms with E-state index in [1.165, 1.54) is 114 Å². The molecule has 0 bridgehead atoms. The Balaban J connectivity index is 0.00000400. The van der Waals surface area contributed by atoms with E-state index in [0.717, 1.165) is 0 Å².